The van der Waals surface area contributed by atoms with E-state index in [4.69, 9.17) is 11.6 Å². The Morgan fingerprint density at radius 1 is 1.14 bits per heavy atom. The molecule has 0 amide bonds. The van der Waals surface area contributed by atoms with E-state index in [0.29, 0.717) is 0 Å². The van der Waals surface area contributed by atoms with Gasteiger partial charge in [-0.1, -0.05) is 42.8 Å². The highest BCUT2D eigenvalue weighted by Crippen LogP contribution is 2.34. The molecule has 0 aliphatic carbocycles. The Bertz CT molecular complexity index is 817. The number of nitrogens with one attached hydrogen (secondary N) is 2. The molecular weight excluding hydrogens is 292 g/mol. The summed E-state index contributed by atoms with van der Waals surface area (Å²) in [4.78, 5) is 3.60. The third-order valence-corrected chi connectivity index (χ3v) is 4.87. The molecule has 1 unspecified atom stereocenters. The van der Waals surface area contributed by atoms with Crippen LogP contribution in [-0.4, -0.2) is 11.5 Å². The molecule has 2 nitrogen and oxygen atoms in total. The summed E-state index contributed by atoms with van der Waals surface area (Å²) < 4.78 is 0. The number of H-pyrrole nitrogens is 1. The molecule has 1 aliphatic rings. The van der Waals surface area contributed by atoms with Crippen molar-refractivity contribution in [2.75, 3.05) is 6.54 Å². The van der Waals surface area contributed by atoms with Gasteiger partial charge < -0.3 is 10.3 Å². The molecule has 1 atom stereocenters. The minimum Gasteiger partial charge on any atom is -0.357 e. The van der Waals surface area contributed by atoms with Crippen LogP contribution in [0.4, 0.5) is 0 Å². The normalized spacial score (nSPS) is 17.6. The first kappa shape index (κ1) is 13.9. The summed E-state index contributed by atoms with van der Waals surface area (Å²) in [6.45, 7) is 3.18. The van der Waals surface area contributed by atoms with Gasteiger partial charge in [0.1, 0.15) is 0 Å². The molecule has 2 heterocycles. The average Bonchev–Trinajstić information content (AvgIpc) is 2.93. The van der Waals surface area contributed by atoms with Gasteiger partial charge in [0.2, 0.25) is 0 Å². The number of hydrogen-bond acceptors (Lipinski definition) is 1. The third kappa shape index (κ3) is 2.23. The first-order valence-corrected chi connectivity index (χ1v) is 8.26. The van der Waals surface area contributed by atoms with Crippen LogP contribution in [0.15, 0.2) is 42.5 Å². The minimum atomic E-state index is 0.237. The van der Waals surface area contributed by atoms with Crippen LogP contribution in [0.3, 0.4) is 0 Å². The third-order valence-electron chi connectivity index (χ3n) is 4.63. The molecule has 1 aliphatic heterocycles. The van der Waals surface area contributed by atoms with Crippen LogP contribution in [0.5, 0.6) is 0 Å². The van der Waals surface area contributed by atoms with E-state index >= 15 is 0 Å². The topological polar surface area (TPSA) is 27.8 Å². The molecule has 4 rings (SSSR count). The smallest absolute Gasteiger partial charge is 0.0732 e. The lowest BCUT2D eigenvalue weighted by Crippen LogP contribution is -2.30. The fourth-order valence-electron chi connectivity index (χ4n) is 3.43. The van der Waals surface area contributed by atoms with E-state index in [2.05, 4.69) is 53.6 Å². The molecular formula is C19H19ClN2. The lowest BCUT2D eigenvalue weighted by molar-refractivity contribution is 0.560. The van der Waals surface area contributed by atoms with Crippen molar-refractivity contribution in [2.45, 2.75) is 25.8 Å². The molecule has 22 heavy (non-hydrogen) atoms. The van der Waals surface area contributed by atoms with E-state index in [1.54, 1.807) is 0 Å². The van der Waals surface area contributed by atoms with Crippen LogP contribution in [-0.2, 0) is 12.8 Å². The zero-order valence-electron chi connectivity index (χ0n) is 12.6. The number of aromatic nitrogens is 1. The highest BCUT2D eigenvalue weighted by molar-refractivity contribution is 6.31. The van der Waals surface area contributed by atoms with E-state index in [1.807, 2.05) is 6.07 Å². The Morgan fingerprint density at radius 3 is 2.73 bits per heavy atom. The predicted octanol–water partition coefficient (Wildman–Crippen LogP) is 4.62. The van der Waals surface area contributed by atoms with E-state index < -0.39 is 0 Å². The van der Waals surface area contributed by atoms with Crippen molar-refractivity contribution in [3.05, 3.63) is 69.9 Å². The Morgan fingerprint density at radius 2 is 1.95 bits per heavy atom. The number of benzene rings is 2. The highest BCUT2D eigenvalue weighted by Gasteiger charge is 2.25. The van der Waals surface area contributed by atoms with Gasteiger partial charge in [-0.3, -0.25) is 0 Å². The van der Waals surface area contributed by atoms with Crippen LogP contribution in [0.1, 0.15) is 35.3 Å². The minimum absolute atomic E-state index is 0.237. The van der Waals surface area contributed by atoms with Gasteiger partial charge in [0.15, 0.2) is 0 Å². The molecule has 0 spiro atoms. The van der Waals surface area contributed by atoms with Gasteiger partial charge in [-0.25, -0.2) is 0 Å². The lowest BCUT2D eigenvalue weighted by Gasteiger charge is -2.25. The van der Waals surface area contributed by atoms with Crippen molar-refractivity contribution < 1.29 is 0 Å². The standard InChI is InChI=1S/C19H19ClN2/c1-2-12-3-5-13(6-4-12)18-19-15(9-10-21-18)16-11-14(20)7-8-17(16)22-19/h3-8,11,18,21-22H,2,9-10H2,1H3. The number of hydrogen-bond donors (Lipinski definition) is 2. The molecule has 2 N–H and O–H groups in total. The van der Waals surface area contributed by atoms with E-state index in [-0.39, 0.29) is 6.04 Å². The summed E-state index contributed by atoms with van der Waals surface area (Å²) in [6, 6.07) is 15.3. The largest absolute Gasteiger partial charge is 0.357 e. The average molecular weight is 311 g/mol. The Kier molecular flexibility index (Phi) is 3.44. The van der Waals surface area contributed by atoms with Crippen LogP contribution >= 0.6 is 11.6 Å². The molecule has 2 aromatic carbocycles. The second kappa shape index (κ2) is 5.45. The van der Waals surface area contributed by atoms with Gasteiger partial charge in [-0.05, 0) is 47.7 Å². The zero-order chi connectivity index (χ0) is 15.1. The summed E-state index contributed by atoms with van der Waals surface area (Å²) in [7, 11) is 0. The molecule has 0 saturated carbocycles. The number of aromatic amines is 1. The quantitative estimate of drug-likeness (QED) is 0.710. The van der Waals surface area contributed by atoms with E-state index in [9.17, 15) is 0 Å². The molecule has 0 saturated heterocycles. The number of fused-ring (bicyclic) bond motifs is 3. The lowest BCUT2D eigenvalue weighted by atomic mass is 9.94. The van der Waals surface area contributed by atoms with E-state index in [0.717, 1.165) is 24.4 Å². The maximum atomic E-state index is 6.18. The van der Waals surface area contributed by atoms with Crippen molar-refractivity contribution >= 4 is 22.5 Å². The molecule has 3 heteroatoms. The molecule has 3 aromatic rings. The Balaban J connectivity index is 1.82. The Labute approximate surface area is 135 Å². The van der Waals surface area contributed by atoms with E-state index in [1.165, 1.54) is 33.3 Å². The zero-order valence-corrected chi connectivity index (χ0v) is 13.4. The summed E-state index contributed by atoms with van der Waals surface area (Å²) in [5, 5.41) is 5.71. The second-order valence-electron chi connectivity index (χ2n) is 5.94. The molecule has 0 fully saturated rings. The SMILES string of the molecule is CCc1ccc(C2NCCc3c2[nH]c2ccc(Cl)cc32)cc1. The Hall–Kier alpha value is -1.77. The van der Waals surface area contributed by atoms with Crippen LogP contribution in [0.2, 0.25) is 5.02 Å². The number of aryl methyl sites for hydroxylation is 1. The maximum absolute atomic E-state index is 6.18. The van der Waals surface area contributed by atoms with Crippen molar-refractivity contribution in [1.82, 2.24) is 10.3 Å². The molecule has 0 radical (unpaired) electrons. The van der Waals surface area contributed by atoms with Gasteiger partial charge in [-0.15, -0.1) is 0 Å². The monoisotopic (exact) mass is 310 g/mol. The first-order valence-electron chi connectivity index (χ1n) is 7.88. The van der Waals surface area contributed by atoms with Gasteiger partial charge in [0.25, 0.3) is 0 Å². The summed E-state index contributed by atoms with van der Waals surface area (Å²) in [5.41, 5.74) is 6.56. The number of rotatable bonds is 2. The van der Waals surface area contributed by atoms with Gasteiger partial charge in [0, 0.05) is 28.2 Å². The van der Waals surface area contributed by atoms with Crippen LogP contribution in [0, 0.1) is 0 Å². The maximum Gasteiger partial charge on any atom is 0.0732 e. The molecule has 1 aromatic heterocycles. The van der Waals surface area contributed by atoms with Gasteiger partial charge in [-0.2, -0.15) is 0 Å². The van der Waals surface area contributed by atoms with Crippen LogP contribution in [0.25, 0.3) is 10.9 Å². The second-order valence-corrected chi connectivity index (χ2v) is 6.38. The van der Waals surface area contributed by atoms with Gasteiger partial charge in [0.05, 0.1) is 6.04 Å². The highest BCUT2D eigenvalue weighted by atomic mass is 35.5. The van der Waals surface area contributed by atoms with Crippen LogP contribution < -0.4 is 5.32 Å². The number of halogens is 1. The fraction of sp³-hybridized carbons (Fsp3) is 0.263. The van der Waals surface area contributed by atoms with Crippen molar-refractivity contribution in [3.8, 4) is 0 Å². The molecule has 0 bridgehead atoms. The molecule has 112 valence electrons. The van der Waals surface area contributed by atoms with Crippen molar-refractivity contribution in [2.24, 2.45) is 0 Å². The van der Waals surface area contributed by atoms with Crippen molar-refractivity contribution in [3.63, 3.8) is 0 Å². The fourth-order valence-corrected chi connectivity index (χ4v) is 3.60. The predicted molar refractivity (Wildman–Crippen MR) is 92.7 cm³/mol. The summed E-state index contributed by atoms with van der Waals surface area (Å²) >= 11 is 6.18. The summed E-state index contributed by atoms with van der Waals surface area (Å²) in [5.74, 6) is 0. The van der Waals surface area contributed by atoms with Crippen molar-refractivity contribution in [1.29, 1.82) is 0 Å². The van der Waals surface area contributed by atoms with Gasteiger partial charge >= 0.3 is 0 Å². The first-order chi connectivity index (χ1) is 10.8. The summed E-state index contributed by atoms with van der Waals surface area (Å²) in [6.07, 6.45) is 2.12.